The van der Waals surface area contributed by atoms with Gasteiger partial charge in [0.05, 0.1) is 0 Å². The third-order valence-corrected chi connectivity index (χ3v) is 5.18. The van der Waals surface area contributed by atoms with Crippen molar-refractivity contribution in [3.05, 3.63) is 65.6 Å². The van der Waals surface area contributed by atoms with Gasteiger partial charge in [0.2, 0.25) is 5.95 Å². The highest BCUT2D eigenvalue weighted by atomic mass is 16.1. The van der Waals surface area contributed by atoms with Crippen LogP contribution in [0.5, 0.6) is 0 Å². The van der Waals surface area contributed by atoms with Gasteiger partial charge in [-0.05, 0) is 28.7 Å². The first-order chi connectivity index (χ1) is 12.2. The smallest absolute Gasteiger partial charge is 0.226 e. The van der Waals surface area contributed by atoms with Crippen molar-refractivity contribution in [2.75, 3.05) is 5.32 Å². The Kier molecular flexibility index (Phi) is 3.04. The highest BCUT2D eigenvalue weighted by Gasteiger charge is 2.38. The zero-order valence-electron chi connectivity index (χ0n) is 13.9. The second-order valence-electron chi connectivity index (χ2n) is 6.95. The minimum atomic E-state index is -0.222. The molecule has 0 bridgehead atoms. The Labute approximate surface area is 145 Å². The lowest BCUT2D eigenvalue weighted by Gasteiger charge is -2.34. The van der Waals surface area contributed by atoms with Crippen molar-refractivity contribution in [1.29, 1.82) is 0 Å². The van der Waals surface area contributed by atoms with Crippen molar-refractivity contribution >= 4 is 22.5 Å². The van der Waals surface area contributed by atoms with Crippen LogP contribution in [0.25, 0.3) is 10.8 Å². The summed E-state index contributed by atoms with van der Waals surface area (Å²) < 4.78 is 1.84. The number of benzene rings is 2. The highest BCUT2D eigenvalue weighted by molar-refractivity contribution is 6.00. The van der Waals surface area contributed by atoms with E-state index < -0.39 is 0 Å². The first kappa shape index (κ1) is 14.4. The average molecular weight is 330 g/mol. The van der Waals surface area contributed by atoms with Crippen LogP contribution in [-0.4, -0.2) is 20.5 Å². The molecule has 2 aliphatic rings. The Morgan fingerprint density at radius 2 is 1.96 bits per heavy atom. The van der Waals surface area contributed by atoms with Gasteiger partial charge in [0.1, 0.15) is 12.4 Å². The fraction of sp³-hybridized carbons (Fsp3) is 0.250. The molecule has 1 aliphatic carbocycles. The molecular formula is C20H18N4O. The molecule has 0 amide bonds. The topological polar surface area (TPSA) is 59.8 Å². The fourth-order valence-corrected chi connectivity index (χ4v) is 4.12. The van der Waals surface area contributed by atoms with Gasteiger partial charge in [-0.15, -0.1) is 0 Å². The summed E-state index contributed by atoms with van der Waals surface area (Å²) in [5.41, 5.74) is 2.94. The van der Waals surface area contributed by atoms with Crippen LogP contribution < -0.4 is 5.32 Å². The van der Waals surface area contributed by atoms with E-state index in [-0.39, 0.29) is 11.8 Å². The molecule has 1 aliphatic heterocycles. The number of hydrogen-bond donors (Lipinski definition) is 1. The molecule has 0 radical (unpaired) electrons. The lowest BCUT2D eigenvalue weighted by atomic mass is 9.80. The molecule has 0 saturated heterocycles. The maximum Gasteiger partial charge on any atom is 0.226 e. The van der Waals surface area contributed by atoms with E-state index in [1.807, 2.05) is 22.9 Å². The second-order valence-corrected chi connectivity index (χ2v) is 6.95. The van der Waals surface area contributed by atoms with Crippen molar-refractivity contribution in [3.63, 3.8) is 0 Å². The van der Waals surface area contributed by atoms with E-state index in [4.69, 9.17) is 0 Å². The monoisotopic (exact) mass is 330 g/mol. The Bertz CT molecular complexity index is 1030. The minimum absolute atomic E-state index is 0.209. The first-order valence-corrected chi connectivity index (χ1v) is 8.63. The van der Waals surface area contributed by atoms with Crippen LogP contribution in [0, 0.1) is 5.92 Å². The van der Waals surface area contributed by atoms with Gasteiger partial charge < -0.3 is 5.32 Å². The molecule has 2 atom stereocenters. The molecule has 1 N–H and O–H groups in total. The molecule has 0 spiro atoms. The number of fused-ring (bicyclic) bond motifs is 2. The SMILES string of the molecule is C[C@@H]1CC(=O)C2=C(C1)Nc1ncnn1[C@@H]2c1cccc2ccccc12. The molecule has 1 aromatic heterocycles. The normalized spacial score (nSPS) is 22.5. The molecule has 3 aromatic rings. The Balaban J connectivity index is 1.79. The quantitative estimate of drug-likeness (QED) is 0.739. The van der Waals surface area contributed by atoms with Crippen LogP contribution in [-0.2, 0) is 4.79 Å². The maximum absolute atomic E-state index is 12.9. The molecule has 0 unspecified atom stereocenters. The van der Waals surface area contributed by atoms with E-state index in [0.29, 0.717) is 18.3 Å². The molecule has 0 fully saturated rings. The number of hydrogen-bond acceptors (Lipinski definition) is 4. The van der Waals surface area contributed by atoms with Crippen LogP contribution >= 0.6 is 0 Å². The van der Waals surface area contributed by atoms with Gasteiger partial charge >= 0.3 is 0 Å². The van der Waals surface area contributed by atoms with E-state index in [9.17, 15) is 4.79 Å². The summed E-state index contributed by atoms with van der Waals surface area (Å²) in [4.78, 5) is 17.3. The van der Waals surface area contributed by atoms with Gasteiger partial charge in [-0.25, -0.2) is 4.68 Å². The number of rotatable bonds is 1. The van der Waals surface area contributed by atoms with Gasteiger partial charge in [0.25, 0.3) is 0 Å². The van der Waals surface area contributed by atoms with E-state index in [0.717, 1.165) is 28.6 Å². The number of nitrogens with zero attached hydrogens (tertiary/aromatic N) is 3. The van der Waals surface area contributed by atoms with Crippen LogP contribution in [0.15, 0.2) is 60.1 Å². The third-order valence-electron chi connectivity index (χ3n) is 5.18. The van der Waals surface area contributed by atoms with Gasteiger partial charge in [0, 0.05) is 17.7 Å². The molecule has 25 heavy (non-hydrogen) atoms. The zero-order chi connectivity index (χ0) is 17.0. The van der Waals surface area contributed by atoms with Crippen molar-refractivity contribution in [2.24, 2.45) is 5.92 Å². The molecule has 124 valence electrons. The first-order valence-electron chi connectivity index (χ1n) is 8.63. The van der Waals surface area contributed by atoms with Gasteiger partial charge in [-0.1, -0.05) is 49.4 Å². The molecule has 5 nitrogen and oxygen atoms in total. The van der Waals surface area contributed by atoms with E-state index >= 15 is 0 Å². The average Bonchev–Trinajstić information content (AvgIpc) is 3.07. The summed E-state index contributed by atoms with van der Waals surface area (Å²) in [5.74, 6) is 1.26. The Morgan fingerprint density at radius 1 is 1.12 bits per heavy atom. The number of carbonyl (C=O) groups is 1. The minimum Gasteiger partial charge on any atom is -0.328 e. The maximum atomic E-state index is 12.9. The van der Waals surface area contributed by atoms with Crippen LogP contribution in [0.2, 0.25) is 0 Å². The number of carbonyl (C=O) groups excluding carboxylic acids is 1. The number of aromatic nitrogens is 3. The molecule has 5 heteroatoms. The number of Topliss-reactive ketones (excluding diaryl/α,β-unsaturated/α-hetero) is 1. The lowest BCUT2D eigenvalue weighted by molar-refractivity contribution is -0.117. The van der Waals surface area contributed by atoms with Crippen molar-refractivity contribution in [2.45, 2.75) is 25.8 Å². The van der Waals surface area contributed by atoms with Crippen LogP contribution in [0.1, 0.15) is 31.4 Å². The van der Waals surface area contributed by atoms with Gasteiger partial charge in [0.15, 0.2) is 5.78 Å². The predicted octanol–water partition coefficient (Wildman–Crippen LogP) is 3.70. The standard InChI is InChI=1S/C20H18N4O/c1-12-9-16-18(17(25)10-12)19(24-20(23-16)21-11-22-24)15-8-4-6-13-5-2-3-7-14(13)15/h2-8,11-12,19H,9-10H2,1H3,(H,21,22,23)/t12-,19+/m0/s1. The highest BCUT2D eigenvalue weighted by Crippen LogP contribution is 2.42. The zero-order valence-corrected chi connectivity index (χ0v) is 13.9. The van der Waals surface area contributed by atoms with E-state index in [2.05, 4.69) is 46.6 Å². The Morgan fingerprint density at radius 3 is 2.88 bits per heavy atom. The van der Waals surface area contributed by atoms with E-state index in [1.54, 1.807) is 6.33 Å². The number of ketones is 1. The van der Waals surface area contributed by atoms with Gasteiger partial charge in [-0.3, -0.25) is 4.79 Å². The number of anilines is 1. The summed E-state index contributed by atoms with van der Waals surface area (Å²) in [6, 6.07) is 14.3. The molecule has 5 rings (SSSR count). The largest absolute Gasteiger partial charge is 0.328 e. The van der Waals surface area contributed by atoms with Crippen molar-refractivity contribution < 1.29 is 4.79 Å². The number of allylic oxidation sites excluding steroid dienone is 2. The second kappa shape index (κ2) is 5.28. The van der Waals surface area contributed by atoms with E-state index in [1.165, 1.54) is 5.39 Å². The lowest BCUT2D eigenvalue weighted by Crippen LogP contribution is -2.33. The summed E-state index contributed by atoms with van der Waals surface area (Å²) in [5, 5.41) is 10.1. The van der Waals surface area contributed by atoms with Crippen LogP contribution in [0.4, 0.5) is 5.95 Å². The summed E-state index contributed by atoms with van der Waals surface area (Å²) in [6.45, 7) is 2.12. The van der Waals surface area contributed by atoms with Crippen molar-refractivity contribution in [3.8, 4) is 0 Å². The molecule has 2 aromatic carbocycles. The fourth-order valence-electron chi connectivity index (χ4n) is 4.12. The van der Waals surface area contributed by atoms with Crippen LogP contribution in [0.3, 0.4) is 0 Å². The summed E-state index contributed by atoms with van der Waals surface area (Å²) >= 11 is 0. The van der Waals surface area contributed by atoms with Crippen molar-refractivity contribution in [1.82, 2.24) is 14.8 Å². The Hall–Kier alpha value is -2.95. The third kappa shape index (κ3) is 2.12. The van der Waals surface area contributed by atoms with Gasteiger partial charge in [-0.2, -0.15) is 10.1 Å². The summed E-state index contributed by atoms with van der Waals surface area (Å²) in [6.07, 6.45) is 3.01. The molecular weight excluding hydrogens is 312 g/mol. The molecule has 2 heterocycles. The summed E-state index contributed by atoms with van der Waals surface area (Å²) in [7, 11) is 0. The molecule has 0 saturated carbocycles. The predicted molar refractivity (Wildman–Crippen MR) is 96.2 cm³/mol. The number of nitrogens with one attached hydrogen (secondary N) is 1.